The van der Waals surface area contributed by atoms with Gasteiger partial charge in [0.1, 0.15) is 17.3 Å². The first-order valence-electron chi connectivity index (χ1n) is 29.7. The first-order valence-corrected chi connectivity index (χ1v) is 26.7. The maximum Gasteiger partial charge on any atom is 0.269 e. The van der Waals surface area contributed by atoms with Gasteiger partial charge in [-0.25, -0.2) is 4.98 Å². The second kappa shape index (κ2) is 19.6. The van der Waals surface area contributed by atoms with Crippen molar-refractivity contribution in [3.05, 3.63) is 223 Å². The minimum absolute atomic E-state index is 0.0117. The molecule has 11 rings (SSSR count). The fourth-order valence-electron chi connectivity index (χ4n) is 10.6. The maximum atomic E-state index is 9.85. The van der Waals surface area contributed by atoms with Crippen LogP contribution in [0.5, 0.6) is 11.5 Å². The molecule has 0 saturated heterocycles. The van der Waals surface area contributed by atoms with Gasteiger partial charge in [-0.15, -0.1) is 0 Å². The summed E-state index contributed by atoms with van der Waals surface area (Å²) in [4.78, 5) is 5.20. The third kappa shape index (κ3) is 9.42. The van der Waals surface area contributed by atoms with E-state index in [4.69, 9.17) is 13.8 Å². The van der Waals surface area contributed by atoms with Gasteiger partial charge in [0.05, 0.1) is 40.3 Å². The fraction of sp³-hybridized carbons (Fsp3) is 0.239. The molecule has 0 saturated carbocycles. The Labute approximate surface area is 458 Å². The van der Waals surface area contributed by atoms with E-state index in [0.717, 1.165) is 83.3 Å². The third-order valence-electron chi connectivity index (χ3n) is 14.9. The van der Waals surface area contributed by atoms with Gasteiger partial charge >= 0.3 is 0 Å². The number of imidazole rings is 1. The van der Waals surface area contributed by atoms with E-state index >= 15 is 0 Å². The molecule has 8 aromatic carbocycles. The summed E-state index contributed by atoms with van der Waals surface area (Å²) < 4.78 is 67.5. The summed E-state index contributed by atoms with van der Waals surface area (Å²) in [5.74, 6) is 1.10. The van der Waals surface area contributed by atoms with Gasteiger partial charge in [-0.3, -0.25) is 13.7 Å². The zero-order valence-electron chi connectivity index (χ0n) is 51.7. The van der Waals surface area contributed by atoms with E-state index < -0.39 is 24.0 Å². The molecule has 11 aromatic rings. The molecule has 0 atom stereocenters. The van der Waals surface area contributed by atoms with Gasteiger partial charge in [0.2, 0.25) is 0 Å². The van der Waals surface area contributed by atoms with Crippen LogP contribution in [0.3, 0.4) is 0 Å². The molecule has 0 spiro atoms. The van der Waals surface area contributed by atoms with E-state index in [9.17, 15) is 4.11 Å². The summed E-state index contributed by atoms with van der Waals surface area (Å²) in [5, 5.41) is 2.13. The fourth-order valence-corrected chi connectivity index (χ4v) is 10.6. The van der Waals surface area contributed by atoms with Crippen molar-refractivity contribution in [2.24, 2.45) is 0 Å². The summed E-state index contributed by atoms with van der Waals surface area (Å²) in [6.45, 7) is 24.1. The van der Waals surface area contributed by atoms with Crippen LogP contribution in [0.1, 0.15) is 125 Å². The molecule has 0 bridgehead atoms. The molecule has 0 N–H and O–H groups in total. The lowest BCUT2D eigenvalue weighted by atomic mass is 9.78. The molecule has 0 amide bonds. The van der Waals surface area contributed by atoms with Gasteiger partial charge < -0.3 is 4.74 Å². The molecule has 380 valence electrons. The first-order chi connectivity index (χ1) is 38.9. The maximum absolute atomic E-state index is 9.85. The number of rotatable bonds is 11. The van der Waals surface area contributed by atoms with Gasteiger partial charge in [0.15, 0.2) is 0 Å². The van der Waals surface area contributed by atoms with E-state index in [1.165, 1.54) is 5.56 Å². The highest BCUT2D eigenvalue weighted by Gasteiger charge is 2.26. The van der Waals surface area contributed by atoms with Crippen molar-refractivity contribution in [2.45, 2.75) is 111 Å². The number of hydrogen-bond acceptors (Lipinski definition) is 2. The second-order valence-corrected chi connectivity index (χ2v) is 23.1. The van der Waals surface area contributed by atoms with Crippen LogP contribution in [-0.4, -0.2) is 14.1 Å². The van der Waals surface area contributed by atoms with Crippen molar-refractivity contribution < 1.29 is 17.5 Å². The monoisotopic (exact) mass is 1000 g/mol. The van der Waals surface area contributed by atoms with E-state index in [0.29, 0.717) is 35.6 Å². The van der Waals surface area contributed by atoms with Crippen LogP contribution < -0.4 is 9.30 Å². The van der Waals surface area contributed by atoms with Crippen molar-refractivity contribution in [3.8, 4) is 62.1 Å². The topological polar surface area (TPSA) is 35.9 Å². The Morgan fingerprint density at radius 1 is 0.553 bits per heavy atom. The summed E-state index contributed by atoms with van der Waals surface area (Å²) in [5.41, 5.74) is 13.4. The quantitative estimate of drug-likeness (QED) is 0.0956. The Hall–Kier alpha value is -8.02. The number of hydrogen-bond donors (Lipinski definition) is 0. The molecule has 0 aliphatic heterocycles. The lowest BCUT2D eigenvalue weighted by molar-refractivity contribution is -0.571. The van der Waals surface area contributed by atoms with Crippen molar-refractivity contribution in [2.75, 3.05) is 0 Å². The van der Waals surface area contributed by atoms with E-state index in [1.807, 2.05) is 88.1 Å². The van der Waals surface area contributed by atoms with Crippen LogP contribution in [-0.2, 0) is 16.2 Å². The predicted octanol–water partition coefficient (Wildman–Crippen LogP) is 18.8. The largest absolute Gasteiger partial charge is 0.458 e. The molecule has 76 heavy (non-hydrogen) atoms. The molecule has 0 unspecified atom stereocenters. The van der Waals surface area contributed by atoms with Crippen molar-refractivity contribution in [1.29, 1.82) is 0 Å². The number of fused-ring (bicyclic) bond motifs is 4. The summed E-state index contributed by atoms with van der Waals surface area (Å²) in [6, 6.07) is 52.0. The van der Waals surface area contributed by atoms with Crippen molar-refractivity contribution in [3.63, 3.8) is 0 Å². The van der Waals surface area contributed by atoms with Gasteiger partial charge in [-0.1, -0.05) is 216 Å². The second-order valence-electron chi connectivity index (χ2n) is 23.1. The van der Waals surface area contributed by atoms with Gasteiger partial charge in [0.25, 0.3) is 6.33 Å². The highest BCUT2D eigenvalue weighted by atomic mass is 16.5. The molecule has 5 nitrogen and oxygen atoms in total. The summed E-state index contributed by atoms with van der Waals surface area (Å²) in [6.07, 6.45) is 6.95. The van der Waals surface area contributed by atoms with E-state index in [1.54, 1.807) is 0 Å². The summed E-state index contributed by atoms with van der Waals surface area (Å²) >= 11 is 0. The molecule has 3 heterocycles. The van der Waals surface area contributed by atoms with E-state index in [2.05, 4.69) is 172 Å². The van der Waals surface area contributed by atoms with Crippen molar-refractivity contribution >= 4 is 32.8 Å². The molecular weight excluding hydrogens is 925 g/mol. The number of pyridine rings is 1. The highest BCUT2D eigenvalue weighted by molar-refractivity contribution is 6.09. The zero-order valence-corrected chi connectivity index (χ0v) is 45.7. The zero-order chi connectivity index (χ0) is 58.4. The Morgan fingerprint density at radius 3 is 1.86 bits per heavy atom. The Bertz CT molecular complexity index is 4240. The number of benzene rings is 8. The van der Waals surface area contributed by atoms with Crippen molar-refractivity contribution in [1.82, 2.24) is 14.1 Å². The number of aromatic nitrogens is 4. The van der Waals surface area contributed by atoms with Crippen LogP contribution in [0.4, 0.5) is 0 Å². The number of para-hydroxylation sites is 4. The standard InChI is InChI=1S/C71H70N4O/c1-12-47(13-2)61-44-67(72-45-62(61)49-33-35-51(36-34-49)69(3,4)5)75-63-30-18-17-27-59(63)60-38-37-56(43-66(60)75)76-55-26-21-25-54(42-55)73-46-74(65-32-20-19-31-64(65)73)68-57(48-23-15-14-16-24-48)28-22-29-58(68)50-39-52(70(6,7)8)41-53(40-50)71(9,10)11/h14-45,47H,12-13H2,1-11H3/i14D,15D,16D,23D,24D,47D. The lowest BCUT2D eigenvalue weighted by Crippen LogP contribution is -2.31. The third-order valence-corrected chi connectivity index (χ3v) is 14.9. The first kappa shape index (κ1) is 43.2. The predicted molar refractivity (Wildman–Crippen MR) is 318 cm³/mol. The van der Waals surface area contributed by atoms with Crippen LogP contribution in [0, 0.1) is 6.33 Å². The molecule has 3 aromatic heterocycles. The van der Waals surface area contributed by atoms with Crippen LogP contribution >= 0.6 is 0 Å². The minimum atomic E-state index is -0.847. The van der Waals surface area contributed by atoms with Gasteiger partial charge in [-0.2, -0.15) is 0 Å². The minimum Gasteiger partial charge on any atom is -0.458 e. The molecule has 0 aliphatic rings. The number of nitrogens with zero attached hydrogens (tertiary/aromatic N) is 4. The molecule has 0 fully saturated rings. The average molecular weight is 1000 g/mol. The smallest absolute Gasteiger partial charge is 0.269 e. The van der Waals surface area contributed by atoms with Crippen LogP contribution in [0.15, 0.2) is 194 Å². The Balaban J connectivity index is 1.05. The molecule has 5 heteroatoms. The van der Waals surface area contributed by atoms with Gasteiger partial charge in [-0.05, 0) is 128 Å². The van der Waals surface area contributed by atoms with Gasteiger partial charge in [0, 0.05) is 30.0 Å². The SMILES string of the molecule is [2H]c1c([2H])c([2H])c(-c2cccc(-c3cc(C(C)(C)C)cc(C(C)(C)C)c3)c2-[n+]2[c-]n(-c3cccc(Oc4ccc5c6ccccc6n(-c6cc(C([2H])(CC)CC)c(-c7ccc(C(C)(C)C)cc7)cn6)c5c4)c3)c3ccccc32)c([2H])c1[2H]. The Kier molecular flexibility index (Phi) is 11.2. The summed E-state index contributed by atoms with van der Waals surface area (Å²) in [7, 11) is 0. The average Bonchev–Trinajstić information content (AvgIpc) is 4.01. The van der Waals surface area contributed by atoms with Crippen LogP contribution in [0.2, 0.25) is 0 Å². The Morgan fingerprint density at radius 2 is 1.17 bits per heavy atom. The molecule has 0 radical (unpaired) electrons. The van der Waals surface area contributed by atoms with Crippen LogP contribution in [0.25, 0.3) is 83.4 Å². The molecule has 0 aliphatic carbocycles. The highest BCUT2D eigenvalue weighted by Crippen LogP contribution is 2.42. The molecular formula is C71H70N4O. The lowest BCUT2D eigenvalue weighted by Gasteiger charge is -2.27. The normalized spacial score (nSPS) is 13.6. The van der Waals surface area contributed by atoms with E-state index in [-0.39, 0.29) is 33.9 Å². The number of ether oxygens (including phenoxy) is 1.